The molecule has 0 atom stereocenters. The zero-order chi connectivity index (χ0) is 13.6. The summed E-state index contributed by atoms with van der Waals surface area (Å²) in [4.78, 5) is 2.29. The first-order valence-electron chi connectivity index (χ1n) is 5.85. The first kappa shape index (κ1) is 15.5. The predicted molar refractivity (Wildman–Crippen MR) is 66.8 cm³/mol. The maximum Gasteiger partial charge on any atom is 0.391 e. The van der Waals surface area contributed by atoms with Crippen LogP contribution in [-0.4, -0.2) is 19.3 Å². The molecule has 2 nitrogen and oxygen atoms in total. The summed E-state index contributed by atoms with van der Waals surface area (Å²) in [5, 5.41) is 3.21. The Bertz CT molecular complexity index is 363. The zero-order valence-electron chi connectivity index (χ0n) is 10.6. The third-order valence-electron chi connectivity index (χ3n) is 2.41. The Hall–Kier alpha value is -0.590. The van der Waals surface area contributed by atoms with Crippen LogP contribution in [0.5, 0.6) is 0 Å². The number of hydrogen-bond acceptors (Lipinski definition) is 3. The minimum Gasteiger partial charge on any atom is -0.376 e. The Morgan fingerprint density at radius 3 is 2.72 bits per heavy atom. The number of halogens is 3. The molecule has 1 aromatic rings. The minimum absolute atomic E-state index is 0.255. The van der Waals surface area contributed by atoms with E-state index in [9.17, 15) is 13.2 Å². The van der Waals surface area contributed by atoms with E-state index in [1.807, 2.05) is 19.9 Å². The SMILES string of the molecule is CCNCc1cc(COCCC(F)(F)F)c(C)s1. The molecular weight excluding hydrogens is 263 g/mol. The molecule has 0 amide bonds. The Balaban J connectivity index is 2.35. The van der Waals surface area contributed by atoms with Crippen molar-refractivity contribution in [3.8, 4) is 0 Å². The van der Waals surface area contributed by atoms with Crippen molar-refractivity contribution in [2.24, 2.45) is 0 Å². The van der Waals surface area contributed by atoms with E-state index in [-0.39, 0.29) is 13.2 Å². The number of hydrogen-bond donors (Lipinski definition) is 1. The van der Waals surface area contributed by atoms with Crippen LogP contribution < -0.4 is 5.32 Å². The van der Waals surface area contributed by atoms with Crippen LogP contribution >= 0.6 is 11.3 Å². The Morgan fingerprint density at radius 1 is 1.39 bits per heavy atom. The first-order valence-corrected chi connectivity index (χ1v) is 6.67. The summed E-state index contributed by atoms with van der Waals surface area (Å²) in [6.45, 7) is 5.66. The molecule has 1 N–H and O–H groups in total. The van der Waals surface area contributed by atoms with Crippen molar-refractivity contribution in [2.45, 2.75) is 39.6 Å². The van der Waals surface area contributed by atoms with Gasteiger partial charge in [0.25, 0.3) is 0 Å². The van der Waals surface area contributed by atoms with E-state index in [4.69, 9.17) is 4.74 Å². The molecule has 0 fully saturated rings. The van der Waals surface area contributed by atoms with Gasteiger partial charge in [0, 0.05) is 16.3 Å². The molecule has 0 saturated heterocycles. The molecule has 1 rings (SSSR count). The topological polar surface area (TPSA) is 21.3 Å². The van der Waals surface area contributed by atoms with Crippen LogP contribution in [0.4, 0.5) is 13.2 Å². The van der Waals surface area contributed by atoms with Crippen molar-refractivity contribution in [3.05, 3.63) is 21.4 Å². The molecule has 1 heterocycles. The number of alkyl halides is 3. The van der Waals surface area contributed by atoms with Gasteiger partial charge in [-0.15, -0.1) is 11.3 Å². The van der Waals surface area contributed by atoms with Gasteiger partial charge < -0.3 is 10.1 Å². The molecule has 18 heavy (non-hydrogen) atoms. The second kappa shape index (κ2) is 7.11. The second-order valence-corrected chi connectivity index (χ2v) is 5.33. The van der Waals surface area contributed by atoms with E-state index >= 15 is 0 Å². The van der Waals surface area contributed by atoms with Crippen LogP contribution in [0.25, 0.3) is 0 Å². The standard InChI is InChI=1S/C12H18F3NOS/c1-3-16-7-11-6-10(9(2)18-11)8-17-5-4-12(13,14)15/h6,16H,3-5,7-8H2,1-2H3. The van der Waals surface area contributed by atoms with E-state index in [1.54, 1.807) is 11.3 Å². The first-order chi connectivity index (χ1) is 8.42. The molecule has 0 spiro atoms. The normalized spacial score (nSPS) is 12.1. The van der Waals surface area contributed by atoms with Crippen LogP contribution in [0.15, 0.2) is 6.07 Å². The lowest BCUT2D eigenvalue weighted by molar-refractivity contribution is -0.146. The highest BCUT2D eigenvalue weighted by molar-refractivity contribution is 7.12. The fraction of sp³-hybridized carbons (Fsp3) is 0.667. The van der Waals surface area contributed by atoms with Gasteiger partial charge in [0.1, 0.15) is 0 Å². The van der Waals surface area contributed by atoms with Gasteiger partial charge in [-0.3, -0.25) is 0 Å². The van der Waals surface area contributed by atoms with Crippen molar-refractivity contribution in [1.29, 1.82) is 0 Å². The summed E-state index contributed by atoms with van der Waals surface area (Å²) in [7, 11) is 0. The molecule has 0 aliphatic rings. The van der Waals surface area contributed by atoms with E-state index in [0.717, 1.165) is 23.5 Å². The summed E-state index contributed by atoms with van der Waals surface area (Å²) in [5.74, 6) is 0. The number of ether oxygens (including phenoxy) is 1. The Morgan fingerprint density at radius 2 is 2.11 bits per heavy atom. The van der Waals surface area contributed by atoms with Crippen molar-refractivity contribution in [1.82, 2.24) is 5.32 Å². The predicted octanol–water partition coefficient (Wildman–Crippen LogP) is 3.64. The number of thiophene rings is 1. The summed E-state index contributed by atoms with van der Waals surface area (Å²) in [5.41, 5.74) is 0.982. The van der Waals surface area contributed by atoms with Crippen LogP contribution in [0.3, 0.4) is 0 Å². The van der Waals surface area contributed by atoms with Gasteiger partial charge in [-0.05, 0) is 25.1 Å². The van der Waals surface area contributed by atoms with Gasteiger partial charge in [0.05, 0.1) is 19.6 Å². The maximum absolute atomic E-state index is 11.9. The Labute approximate surface area is 109 Å². The number of rotatable bonds is 7. The quantitative estimate of drug-likeness (QED) is 0.771. The molecule has 0 aromatic carbocycles. The molecule has 1 aromatic heterocycles. The third-order valence-corrected chi connectivity index (χ3v) is 3.50. The fourth-order valence-electron chi connectivity index (χ4n) is 1.44. The van der Waals surface area contributed by atoms with Crippen LogP contribution in [-0.2, 0) is 17.9 Å². The maximum atomic E-state index is 11.9. The molecule has 0 aliphatic carbocycles. The molecule has 104 valence electrons. The summed E-state index contributed by atoms with van der Waals surface area (Å²) in [6, 6.07) is 2.00. The van der Waals surface area contributed by atoms with Gasteiger partial charge in [-0.2, -0.15) is 13.2 Å². The van der Waals surface area contributed by atoms with Crippen molar-refractivity contribution >= 4 is 11.3 Å². The molecule has 0 aliphatic heterocycles. The van der Waals surface area contributed by atoms with Crippen molar-refractivity contribution in [3.63, 3.8) is 0 Å². The van der Waals surface area contributed by atoms with Gasteiger partial charge in [0.2, 0.25) is 0 Å². The highest BCUT2D eigenvalue weighted by Gasteiger charge is 2.26. The summed E-state index contributed by atoms with van der Waals surface area (Å²) >= 11 is 1.65. The molecule has 0 bridgehead atoms. The van der Waals surface area contributed by atoms with E-state index in [1.165, 1.54) is 4.88 Å². The second-order valence-electron chi connectivity index (χ2n) is 3.99. The molecule has 6 heteroatoms. The number of aryl methyl sites for hydroxylation is 1. The highest BCUT2D eigenvalue weighted by Crippen LogP contribution is 2.23. The zero-order valence-corrected chi connectivity index (χ0v) is 11.4. The number of nitrogens with one attached hydrogen (secondary N) is 1. The summed E-state index contributed by atoms with van der Waals surface area (Å²) in [6.07, 6.45) is -5.03. The molecule has 0 unspecified atom stereocenters. The van der Waals surface area contributed by atoms with Crippen molar-refractivity contribution < 1.29 is 17.9 Å². The summed E-state index contributed by atoms with van der Waals surface area (Å²) < 4.78 is 40.8. The van der Waals surface area contributed by atoms with Gasteiger partial charge in [-0.25, -0.2) is 0 Å². The fourth-order valence-corrected chi connectivity index (χ4v) is 2.45. The van der Waals surface area contributed by atoms with Crippen LogP contribution in [0, 0.1) is 6.92 Å². The minimum atomic E-state index is -4.14. The van der Waals surface area contributed by atoms with Gasteiger partial charge >= 0.3 is 6.18 Å². The average Bonchev–Trinajstić information content (AvgIpc) is 2.61. The Kier molecular flexibility index (Phi) is 6.11. The molecule has 0 radical (unpaired) electrons. The lowest BCUT2D eigenvalue weighted by atomic mass is 10.2. The van der Waals surface area contributed by atoms with E-state index < -0.39 is 12.6 Å². The van der Waals surface area contributed by atoms with Crippen molar-refractivity contribution in [2.75, 3.05) is 13.2 Å². The van der Waals surface area contributed by atoms with E-state index in [0.29, 0.717) is 0 Å². The largest absolute Gasteiger partial charge is 0.391 e. The third kappa shape index (κ3) is 5.84. The smallest absolute Gasteiger partial charge is 0.376 e. The van der Waals surface area contributed by atoms with Crippen LogP contribution in [0.1, 0.15) is 28.7 Å². The lowest BCUT2D eigenvalue weighted by Gasteiger charge is -2.06. The average molecular weight is 281 g/mol. The lowest BCUT2D eigenvalue weighted by Crippen LogP contribution is -2.11. The van der Waals surface area contributed by atoms with E-state index in [2.05, 4.69) is 5.32 Å². The monoisotopic (exact) mass is 281 g/mol. The van der Waals surface area contributed by atoms with Crippen LogP contribution in [0.2, 0.25) is 0 Å². The van der Waals surface area contributed by atoms with Gasteiger partial charge in [-0.1, -0.05) is 6.92 Å². The van der Waals surface area contributed by atoms with Gasteiger partial charge in [0.15, 0.2) is 0 Å². The highest BCUT2D eigenvalue weighted by atomic mass is 32.1. The molecular formula is C12H18F3NOS. The molecule has 0 saturated carbocycles.